The van der Waals surface area contributed by atoms with Crippen LogP contribution in [0.5, 0.6) is 0 Å². The van der Waals surface area contributed by atoms with E-state index in [1.165, 1.54) is 250 Å². The number of quaternary nitrogens is 1. The van der Waals surface area contributed by atoms with Gasteiger partial charge in [0.1, 0.15) is 13.2 Å². The summed E-state index contributed by atoms with van der Waals surface area (Å²) in [4.78, 5) is 23.3. The first-order valence-electron chi connectivity index (χ1n) is 31.4. The third-order valence-corrected chi connectivity index (χ3v) is 15.3. The highest BCUT2D eigenvalue weighted by Crippen LogP contribution is 2.43. The molecule has 0 aromatic heterocycles. The van der Waals surface area contributed by atoms with E-state index in [-0.39, 0.29) is 19.1 Å². The predicted molar refractivity (Wildman–Crippen MR) is 314 cm³/mol. The summed E-state index contributed by atoms with van der Waals surface area (Å²) in [5, 5.41) is 13.9. The van der Waals surface area contributed by atoms with Gasteiger partial charge in [-0.3, -0.25) is 13.8 Å². The molecule has 0 aromatic carbocycles. The zero-order chi connectivity index (χ0) is 52.7. The minimum absolute atomic E-state index is 0.0575. The second-order valence-electron chi connectivity index (χ2n) is 22.8. The van der Waals surface area contributed by atoms with E-state index in [9.17, 15) is 19.4 Å². The van der Waals surface area contributed by atoms with Crippen LogP contribution in [0.2, 0.25) is 0 Å². The quantitative estimate of drug-likeness (QED) is 0.0243. The Morgan fingerprint density at radius 1 is 0.458 bits per heavy atom. The summed E-state index contributed by atoms with van der Waals surface area (Å²) in [7, 11) is 1.57. The fraction of sp³-hybridized carbons (Fsp3) is 0.889. The highest BCUT2D eigenvalue weighted by molar-refractivity contribution is 7.47. The van der Waals surface area contributed by atoms with Crippen molar-refractivity contribution in [3.05, 3.63) is 36.5 Å². The Labute approximate surface area is 448 Å². The first kappa shape index (κ1) is 70.7. The molecule has 0 aliphatic heterocycles. The van der Waals surface area contributed by atoms with E-state index in [0.717, 1.165) is 38.5 Å². The molecule has 3 N–H and O–H groups in total. The second-order valence-corrected chi connectivity index (χ2v) is 24.2. The van der Waals surface area contributed by atoms with Gasteiger partial charge in [0, 0.05) is 6.42 Å². The first-order valence-corrected chi connectivity index (χ1v) is 32.9. The molecule has 0 aromatic rings. The van der Waals surface area contributed by atoms with Gasteiger partial charge in [-0.2, -0.15) is 0 Å². The zero-order valence-electron chi connectivity index (χ0n) is 48.7. The molecule has 3 atom stereocenters. The van der Waals surface area contributed by atoms with E-state index in [1.807, 2.05) is 27.2 Å². The topological polar surface area (TPSA) is 105 Å². The van der Waals surface area contributed by atoms with Crippen LogP contribution >= 0.6 is 7.82 Å². The first-order chi connectivity index (χ1) is 35.0. The van der Waals surface area contributed by atoms with Crippen molar-refractivity contribution >= 4 is 13.7 Å². The molecule has 0 saturated carbocycles. The molecular formula is C63H124N2O6P+. The van der Waals surface area contributed by atoms with Crippen molar-refractivity contribution in [2.45, 2.75) is 321 Å². The van der Waals surface area contributed by atoms with Crippen molar-refractivity contribution < 1.29 is 32.9 Å². The van der Waals surface area contributed by atoms with Crippen LogP contribution in [0.25, 0.3) is 0 Å². The van der Waals surface area contributed by atoms with E-state index < -0.39 is 20.0 Å². The monoisotopic (exact) mass is 1040 g/mol. The highest BCUT2D eigenvalue weighted by Gasteiger charge is 2.27. The lowest BCUT2D eigenvalue weighted by Gasteiger charge is -2.25. The van der Waals surface area contributed by atoms with Crippen LogP contribution in [0.15, 0.2) is 36.5 Å². The van der Waals surface area contributed by atoms with Crippen molar-refractivity contribution in [3.8, 4) is 0 Å². The summed E-state index contributed by atoms with van der Waals surface area (Å²) in [6, 6.07) is -0.862. The van der Waals surface area contributed by atoms with E-state index in [0.29, 0.717) is 17.4 Å². The number of nitrogens with zero attached hydrogens (tertiary/aromatic N) is 1. The van der Waals surface area contributed by atoms with Gasteiger partial charge >= 0.3 is 7.82 Å². The summed E-state index contributed by atoms with van der Waals surface area (Å²) in [5.74, 6) is -0.182. The standard InChI is InChI=1S/C63H123N2O6P/c1-6-8-10-12-14-16-18-20-22-24-26-27-28-29-30-31-32-33-34-35-36-37-38-39-41-43-45-47-49-51-53-55-57-63(67)64-61(60-71-72(68,69)70-59-58-65(3,4)5)62(66)56-54-52-50-48-46-44-42-40-25-23-21-19-17-15-13-11-9-7-2/h29-30,46,48,54,56,61-62,66H,6-28,31-45,47,49-53,55,57-60H2,1-5H3,(H-,64,67,68,69)/p+1/b30-29-,48-46+,56-54+. The fourth-order valence-electron chi connectivity index (χ4n) is 9.41. The van der Waals surface area contributed by atoms with E-state index in [4.69, 9.17) is 9.05 Å². The van der Waals surface area contributed by atoms with Gasteiger partial charge in [0.25, 0.3) is 0 Å². The molecule has 8 nitrogen and oxygen atoms in total. The van der Waals surface area contributed by atoms with Crippen molar-refractivity contribution in [2.24, 2.45) is 0 Å². The maximum Gasteiger partial charge on any atom is 0.472 e. The highest BCUT2D eigenvalue weighted by atomic mass is 31.2. The lowest BCUT2D eigenvalue weighted by Crippen LogP contribution is -2.45. The number of allylic oxidation sites excluding steroid dienone is 5. The summed E-state index contributed by atoms with van der Waals surface area (Å²) in [6.45, 7) is 4.84. The van der Waals surface area contributed by atoms with E-state index in [2.05, 4.69) is 43.5 Å². The fourth-order valence-corrected chi connectivity index (χ4v) is 10.1. The van der Waals surface area contributed by atoms with Crippen LogP contribution in [-0.4, -0.2) is 73.4 Å². The lowest BCUT2D eigenvalue weighted by atomic mass is 10.0. The van der Waals surface area contributed by atoms with Gasteiger partial charge in [-0.05, 0) is 57.8 Å². The molecule has 0 radical (unpaired) electrons. The molecule has 426 valence electrons. The molecule has 0 heterocycles. The van der Waals surface area contributed by atoms with Gasteiger partial charge in [0.2, 0.25) is 5.91 Å². The third-order valence-electron chi connectivity index (χ3n) is 14.3. The summed E-state index contributed by atoms with van der Waals surface area (Å²) < 4.78 is 23.7. The lowest BCUT2D eigenvalue weighted by molar-refractivity contribution is -0.870. The number of likely N-dealkylation sites (N-methyl/N-ethyl adjacent to an activating group) is 1. The van der Waals surface area contributed by atoms with Crippen molar-refractivity contribution in [1.29, 1.82) is 0 Å². The predicted octanol–water partition coefficient (Wildman–Crippen LogP) is 19.3. The molecule has 1 amide bonds. The molecule has 0 rings (SSSR count). The van der Waals surface area contributed by atoms with E-state index >= 15 is 0 Å². The normalized spacial score (nSPS) is 14.0. The van der Waals surface area contributed by atoms with Gasteiger partial charge in [0.05, 0.1) is 39.9 Å². The van der Waals surface area contributed by atoms with Gasteiger partial charge in [0.15, 0.2) is 0 Å². The minimum atomic E-state index is -4.35. The summed E-state index contributed by atoms with van der Waals surface area (Å²) in [5.41, 5.74) is 0. The SMILES string of the molecule is CCCCCCCCCCCCCC/C=C\CCCCCCCCCCCCCCCCCCC(=O)NC(COP(=O)(O)OCC[N+](C)(C)C)C(O)/C=C/CC/C=C/CCCCCCCCCCCCCC. The third kappa shape index (κ3) is 56.4. The summed E-state index contributed by atoms with van der Waals surface area (Å²) >= 11 is 0. The van der Waals surface area contributed by atoms with Crippen molar-refractivity contribution in [3.63, 3.8) is 0 Å². The molecule has 0 saturated heterocycles. The average molecular weight is 1040 g/mol. The molecule has 0 aliphatic carbocycles. The van der Waals surface area contributed by atoms with Crippen LogP contribution in [0.3, 0.4) is 0 Å². The molecule has 0 spiro atoms. The van der Waals surface area contributed by atoms with Gasteiger partial charge < -0.3 is 19.8 Å². The maximum atomic E-state index is 13.0. The number of carbonyl (C=O) groups excluding carboxylic acids is 1. The largest absolute Gasteiger partial charge is 0.472 e. The molecule has 0 bridgehead atoms. The van der Waals surface area contributed by atoms with Gasteiger partial charge in [-0.15, -0.1) is 0 Å². The van der Waals surface area contributed by atoms with Crippen LogP contribution in [0, 0.1) is 0 Å². The van der Waals surface area contributed by atoms with Crippen LogP contribution in [0.4, 0.5) is 0 Å². The molecule has 0 aliphatic rings. The molecule has 9 heteroatoms. The smallest absolute Gasteiger partial charge is 0.387 e. The Morgan fingerprint density at radius 2 is 0.764 bits per heavy atom. The number of aliphatic hydroxyl groups excluding tert-OH is 1. The second kappa shape index (κ2) is 54.5. The number of carbonyl (C=O) groups is 1. The molecule has 0 fully saturated rings. The van der Waals surface area contributed by atoms with Crippen LogP contribution in [-0.2, 0) is 18.4 Å². The number of nitrogens with one attached hydrogen (secondary N) is 1. The number of phosphoric ester groups is 1. The van der Waals surface area contributed by atoms with Crippen molar-refractivity contribution in [1.82, 2.24) is 5.32 Å². The minimum Gasteiger partial charge on any atom is -0.387 e. The molecular weight excluding hydrogens is 912 g/mol. The number of hydrogen-bond acceptors (Lipinski definition) is 5. The number of phosphoric acid groups is 1. The Balaban J connectivity index is 4.07. The van der Waals surface area contributed by atoms with E-state index in [1.54, 1.807) is 6.08 Å². The van der Waals surface area contributed by atoms with Gasteiger partial charge in [-0.1, -0.05) is 281 Å². The number of unbranched alkanes of at least 4 members (excludes halogenated alkanes) is 41. The Kier molecular flexibility index (Phi) is 53.5. The Bertz CT molecular complexity index is 1270. The Morgan fingerprint density at radius 3 is 1.11 bits per heavy atom. The molecule has 72 heavy (non-hydrogen) atoms. The number of aliphatic hydroxyl groups is 1. The maximum absolute atomic E-state index is 13.0. The number of rotatable bonds is 58. The number of amides is 1. The van der Waals surface area contributed by atoms with Crippen LogP contribution < -0.4 is 5.32 Å². The van der Waals surface area contributed by atoms with Gasteiger partial charge in [-0.25, -0.2) is 4.57 Å². The Hall–Kier alpha value is -1.28. The van der Waals surface area contributed by atoms with Crippen molar-refractivity contribution in [2.75, 3.05) is 40.9 Å². The zero-order valence-corrected chi connectivity index (χ0v) is 49.6. The van der Waals surface area contributed by atoms with Crippen LogP contribution in [0.1, 0.15) is 309 Å². The summed E-state index contributed by atoms with van der Waals surface area (Å²) in [6.07, 6.45) is 71.3. The average Bonchev–Trinajstić information content (AvgIpc) is 3.34. The number of hydrogen-bond donors (Lipinski definition) is 3. The molecule has 3 unspecified atom stereocenters.